The standard InChI is InChI=1S/C22H24Cl2N2O2/c1-14(2)7-8-26-15(3)9-18(16(26)4)11-19(12-25)22(27)28-13-17-5-6-20(23)21(24)10-17/h5-6,9-11,14H,7-8,13H2,1-4H3/b19-11+. The van der Waals surface area contributed by atoms with Crippen LogP contribution in [0.15, 0.2) is 29.8 Å². The average molecular weight is 419 g/mol. The van der Waals surface area contributed by atoms with Crippen molar-refractivity contribution in [1.82, 2.24) is 4.57 Å². The van der Waals surface area contributed by atoms with Crippen molar-refractivity contribution >= 4 is 35.2 Å². The van der Waals surface area contributed by atoms with Crippen LogP contribution in [0.4, 0.5) is 0 Å². The van der Waals surface area contributed by atoms with Crippen LogP contribution in [0.2, 0.25) is 10.0 Å². The molecule has 1 aromatic carbocycles. The molecule has 4 nitrogen and oxygen atoms in total. The van der Waals surface area contributed by atoms with Gasteiger partial charge in [-0.05, 0) is 61.6 Å². The molecular weight excluding hydrogens is 395 g/mol. The van der Waals surface area contributed by atoms with Gasteiger partial charge in [-0.1, -0.05) is 43.1 Å². The first-order valence-electron chi connectivity index (χ1n) is 9.12. The van der Waals surface area contributed by atoms with E-state index in [1.165, 1.54) is 0 Å². The van der Waals surface area contributed by atoms with Crippen molar-refractivity contribution in [2.75, 3.05) is 0 Å². The van der Waals surface area contributed by atoms with Crippen LogP contribution in [0.3, 0.4) is 0 Å². The summed E-state index contributed by atoms with van der Waals surface area (Å²) >= 11 is 11.8. The molecule has 1 aromatic heterocycles. The van der Waals surface area contributed by atoms with Gasteiger partial charge in [-0.3, -0.25) is 0 Å². The number of hydrogen-bond donors (Lipinski definition) is 0. The van der Waals surface area contributed by atoms with Gasteiger partial charge in [0.1, 0.15) is 18.2 Å². The van der Waals surface area contributed by atoms with Gasteiger partial charge in [0.15, 0.2) is 0 Å². The summed E-state index contributed by atoms with van der Waals surface area (Å²) in [6.07, 6.45) is 2.65. The van der Waals surface area contributed by atoms with Crippen LogP contribution in [0.5, 0.6) is 0 Å². The first kappa shape index (κ1) is 22.1. The summed E-state index contributed by atoms with van der Waals surface area (Å²) in [5.74, 6) is -0.0632. The van der Waals surface area contributed by atoms with Gasteiger partial charge in [0.05, 0.1) is 10.0 Å². The average Bonchev–Trinajstić information content (AvgIpc) is 2.91. The molecule has 0 unspecified atom stereocenters. The van der Waals surface area contributed by atoms with Crippen LogP contribution in [0, 0.1) is 31.1 Å². The Hall–Kier alpha value is -2.22. The lowest BCUT2D eigenvalue weighted by Gasteiger charge is -2.11. The van der Waals surface area contributed by atoms with Crippen molar-refractivity contribution < 1.29 is 9.53 Å². The van der Waals surface area contributed by atoms with Crippen LogP contribution >= 0.6 is 23.2 Å². The number of halogens is 2. The molecule has 0 saturated heterocycles. The summed E-state index contributed by atoms with van der Waals surface area (Å²) in [6.45, 7) is 9.32. The second-order valence-electron chi connectivity index (χ2n) is 7.16. The number of esters is 1. The largest absolute Gasteiger partial charge is 0.457 e. The van der Waals surface area contributed by atoms with Crippen LogP contribution in [0.25, 0.3) is 6.08 Å². The molecule has 0 radical (unpaired) electrons. The Morgan fingerprint density at radius 1 is 1.25 bits per heavy atom. The highest BCUT2D eigenvalue weighted by molar-refractivity contribution is 6.42. The van der Waals surface area contributed by atoms with Gasteiger partial charge in [-0.25, -0.2) is 4.79 Å². The summed E-state index contributed by atoms with van der Waals surface area (Å²) in [4.78, 5) is 12.3. The van der Waals surface area contributed by atoms with E-state index in [2.05, 4.69) is 18.4 Å². The Morgan fingerprint density at radius 3 is 2.57 bits per heavy atom. The zero-order valence-electron chi connectivity index (χ0n) is 16.6. The molecule has 0 atom stereocenters. The molecule has 6 heteroatoms. The summed E-state index contributed by atoms with van der Waals surface area (Å²) in [5, 5.41) is 10.2. The van der Waals surface area contributed by atoms with Gasteiger partial charge >= 0.3 is 5.97 Å². The van der Waals surface area contributed by atoms with E-state index in [4.69, 9.17) is 27.9 Å². The lowest BCUT2D eigenvalue weighted by atomic mass is 10.1. The molecule has 148 valence electrons. The van der Waals surface area contributed by atoms with Crippen molar-refractivity contribution in [1.29, 1.82) is 5.26 Å². The summed E-state index contributed by atoms with van der Waals surface area (Å²) in [5.41, 5.74) is 3.65. The van der Waals surface area contributed by atoms with Crippen molar-refractivity contribution in [3.8, 4) is 6.07 Å². The number of carbonyl (C=O) groups is 1. The highest BCUT2D eigenvalue weighted by Crippen LogP contribution is 2.23. The summed E-state index contributed by atoms with van der Waals surface area (Å²) in [7, 11) is 0. The van der Waals surface area contributed by atoms with Crippen LogP contribution in [-0.4, -0.2) is 10.5 Å². The van der Waals surface area contributed by atoms with Gasteiger partial charge in [-0.15, -0.1) is 0 Å². The number of carbonyl (C=O) groups excluding carboxylic acids is 1. The number of benzene rings is 1. The smallest absolute Gasteiger partial charge is 0.349 e. The molecule has 0 amide bonds. The van der Waals surface area contributed by atoms with E-state index in [9.17, 15) is 10.1 Å². The first-order valence-corrected chi connectivity index (χ1v) is 9.88. The van der Waals surface area contributed by atoms with Crippen molar-refractivity contribution in [2.45, 2.75) is 47.3 Å². The molecule has 2 rings (SSSR count). The van der Waals surface area contributed by atoms with Gasteiger partial charge in [-0.2, -0.15) is 5.26 Å². The third kappa shape index (κ3) is 5.64. The third-order valence-corrected chi connectivity index (χ3v) is 5.28. The van der Waals surface area contributed by atoms with Gasteiger partial charge in [0.25, 0.3) is 0 Å². The van der Waals surface area contributed by atoms with Crippen LogP contribution < -0.4 is 0 Å². The van der Waals surface area contributed by atoms with Crippen LogP contribution in [-0.2, 0) is 22.7 Å². The predicted molar refractivity (Wildman–Crippen MR) is 113 cm³/mol. The monoisotopic (exact) mass is 418 g/mol. The normalized spacial score (nSPS) is 11.6. The molecule has 1 heterocycles. The molecule has 0 saturated carbocycles. The Kier molecular flexibility index (Phi) is 7.74. The highest BCUT2D eigenvalue weighted by Gasteiger charge is 2.15. The highest BCUT2D eigenvalue weighted by atomic mass is 35.5. The van der Waals surface area contributed by atoms with E-state index in [1.54, 1.807) is 24.3 Å². The minimum atomic E-state index is -0.666. The number of hydrogen-bond acceptors (Lipinski definition) is 3. The maximum Gasteiger partial charge on any atom is 0.349 e. The predicted octanol–water partition coefficient (Wildman–Crippen LogP) is 6.11. The number of aryl methyl sites for hydroxylation is 1. The van der Waals surface area contributed by atoms with E-state index in [0.717, 1.165) is 29.9 Å². The molecule has 0 N–H and O–H groups in total. The molecule has 0 aliphatic heterocycles. The number of aromatic nitrogens is 1. The maximum atomic E-state index is 12.3. The SMILES string of the molecule is Cc1cc(/C=C(\C#N)C(=O)OCc2ccc(Cl)c(Cl)c2)c(C)n1CCC(C)C. The molecule has 2 aromatic rings. The molecule has 0 fully saturated rings. The van der Waals surface area contributed by atoms with Gasteiger partial charge < -0.3 is 9.30 Å². The Morgan fingerprint density at radius 2 is 1.96 bits per heavy atom. The third-order valence-electron chi connectivity index (χ3n) is 4.54. The van der Waals surface area contributed by atoms with Crippen LogP contribution in [0.1, 0.15) is 42.8 Å². The molecular formula is C22H24Cl2N2O2. The first-order chi connectivity index (χ1) is 13.2. The second-order valence-corrected chi connectivity index (χ2v) is 7.97. The fourth-order valence-electron chi connectivity index (χ4n) is 2.85. The van der Waals surface area contributed by atoms with E-state index >= 15 is 0 Å². The zero-order chi connectivity index (χ0) is 20.8. The van der Waals surface area contributed by atoms with E-state index in [0.29, 0.717) is 21.5 Å². The lowest BCUT2D eigenvalue weighted by Crippen LogP contribution is -2.07. The maximum absolute atomic E-state index is 12.3. The second kappa shape index (κ2) is 9.82. The molecule has 0 aliphatic carbocycles. The topological polar surface area (TPSA) is 55.0 Å². The molecule has 0 aliphatic rings. The fraction of sp³-hybridized carbons (Fsp3) is 0.364. The molecule has 0 spiro atoms. The number of nitrogens with zero attached hydrogens (tertiary/aromatic N) is 2. The summed E-state index contributed by atoms with van der Waals surface area (Å²) < 4.78 is 7.48. The van der Waals surface area contributed by atoms with Crippen molar-refractivity contribution in [3.05, 3.63) is 62.4 Å². The lowest BCUT2D eigenvalue weighted by molar-refractivity contribution is -0.139. The van der Waals surface area contributed by atoms with Crippen molar-refractivity contribution in [3.63, 3.8) is 0 Å². The summed E-state index contributed by atoms with van der Waals surface area (Å²) in [6, 6.07) is 8.92. The van der Waals surface area contributed by atoms with Crippen molar-refractivity contribution in [2.24, 2.45) is 5.92 Å². The minimum absolute atomic E-state index is 0.0160. The Bertz CT molecular complexity index is 937. The van der Waals surface area contributed by atoms with Gasteiger partial charge in [0, 0.05) is 17.9 Å². The quantitative estimate of drug-likeness (QED) is 0.309. The van der Waals surface area contributed by atoms with Gasteiger partial charge in [0.2, 0.25) is 0 Å². The zero-order valence-corrected chi connectivity index (χ0v) is 18.1. The van der Waals surface area contributed by atoms with E-state index in [1.807, 2.05) is 26.0 Å². The number of nitriles is 1. The molecule has 0 bridgehead atoms. The fourth-order valence-corrected chi connectivity index (χ4v) is 3.17. The minimum Gasteiger partial charge on any atom is -0.457 e. The number of ether oxygens (including phenoxy) is 1. The number of rotatable bonds is 7. The Labute approximate surface area is 176 Å². The molecule has 28 heavy (non-hydrogen) atoms. The van der Waals surface area contributed by atoms with E-state index < -0.39 is 5.97 Å². The Balaban J connectivity index is 2.14. The van der Waals surface area contributed by atoms with E-state index in [-0.39, 0.29) is 12.2 Å².